The molecule has 2 heterocycles. The van der Waals surface area contributed by atoms with E-state index in [1.807, 2.05) is 56.5 Å². The number of thiophene rings is 1. The molecule has 0 saturated carbocycles. The number of anilines is 1. The van der Waals surface area contributed by atoms with Crippen molar-refractivity contribution >= 4 is 35.1 Å². The maximum Gasteiger partial charge on any atom is 0.247 e. The summed E-state index contributed by atoms with van der Waals surface area (Å²) in [5.41, 5.74) is 3.11. The van der Waals surface area contributed by atoms with Crippen LogP contribution in [-0.4, -0.2) is 20.7 Å². The quantitative estimate of drug-likeness (QED) is 0.676. The smallest absolute Gasteiger partial charge is 0.247 e. The molecule has 7 heteroatoms. The monoisotopic (exact) mass is 358 g/mol. The van der Waals surface area contributed by atoms with Crippen molar-refractivity contribution in [3.8, 4) is 10.7 Å². The Morgan fingerprint density at radius 1 is 1.33 bits per heavy atom. The lowest BCUT2D eigenvalue weighted by Crippen LogP contribution is -2.24. The van der Waals surface area contributed by atoms with E-state index in [4.69, 9.17) is 12.2 Å². The third-order valence-electron chi connectivity index (χ3n) is 3.99. The lowest BCUT2D eigenvalue weighted by Gasteiger charge is -2.16. The van der Waals surface area contributed by atoms with Gasteiger partial charge in [-0.05, 0) is 67.7 Å². The molecule has 2 N–H and O–H groups in total. The SMILES string of the molecule is Cc1ccc(NC(=O)[C@@H](C)n2c(-c3cccs3)n[nH]c2=S)cc1C. The molecule has 0 bridgehead atoms. The Morgan fingerprint density at radius 3 is 2.79 bits per heavy atom. The van der Waals surface area contributed by atoms with E-state index in [1.165, 1.54) is 5.56 Å². The van der Waals surface area contributed by atoms with Crippen molar-refractivity contribution in [2.24, 2.45) is 0 Å². The minimum Gasteiger partial charge on any atom is -0.324 e. The minimum atomic E-state index is -0.477. The second-order valence-electron chi connectivity index (χ2n) is 5.66. The zero-order valence-electron chi connectivity index (χ0n) is 13.7. The molecule has 3 aromatic rings. The summed E-state index contributed by atoms with van der Waals surface area (Å²) in [5, 5.41) is 12.0. The molecule has 1 aromatic carbocycles. The summed E-state index contributed by atoms with van der Waals surface area (Å²) in [6.45, 7) is 5.88. The van der Waals surface area contributed by atoms with Gasteiger partial charge in [-0.2, -0.15) is 5.10 Å². The van der Waals surface area contributed by atoms with Gasteiger partial charge in [0, 0.05) is 5.69 Å². The van der Waals surface area contributed by atoms with Crippen molar-refractivity contribution in [3.63, 3.8) is 0 Å². The number of benzene rings is 1. The molecule has 5 nitrogen and oxygen atoms in total. The number of carbonyl (C=O) groups is 1. The first-order valence-electron chi connectivity index (χ1n) is 7.56. The van der Waals surface area contributed by atoms with Crippen molar-refractivity contribution in [1.82, 2.24) is 14.8 Å². The predicted octanol–water partition coefficient (Wildman–Crippen LogP) is 4.49. The van der Waals surface area contributed by atoms with E-state index in [-0.39, 0.29) is 5.91 Å². The summed E-state index contributed by atoms with van der Waals surface area (Å²) < 4.78 is 2.18. The van der Waals surface area contributed by atoms with Crippen molar-refractivity contribution in [2.75, 3.05) is 5.32 Å². The molecule has 0 unspecified atom stereocenters. The summed E-state index contributed by atoms with van der Waals surface area (Å²) >= 11 is 6.87. The zero-order chi connectivity index (χ0) is 17.3. The van der Waals surface area contributed by atoms with Gasteiger partial charge in [-0.1, -0.05) is 12.1 Å². The van der Waals surface area contributed by atoms with Gasteiger partial charge in [0.2, 0.25) is 5.91 Å². The first-order chi connectivity index (χ1) is 11.5. The highest BCUT2D eigenvalue weighted by molar-refractivity contribution is 7.71. The average molecular weight is 358 g/mol. The molecule has 0 spiro atoms. The summed E-state index contributed by atoms with van der Waals surface area (Å²) in [7, 11) is 0. The van der Waals surface area contributed by atoms with E-state index in [0.29, 0.717) is 10.6 Å². The van der Waals surface area contributed by atoms with Crippen molar-refractivity contribution in [2.45, 2.75) is 26.8 Å². The number of aryl methyl sites for hydroxylation is 2. The Labute approximate surface area is 149 Å². The van der Waals surface area contributed by atoms with E-state index in [1.54, 1.807) is 15.9 Å². The number of amides is 1. The van der Waals surface area contributed by atoms with Crippen molar-refractivity contribution in [1.29, 1.82) is 0 Å². The Balaban J connectivity index is 1.88. The summed E-state index contributed by atoms with van der Waals surface area (Å²) in [4.78, 5) is 13.6. The summed E-state index contributed by atoms with van der Waals surface area (Å²) in [6.07, 6.45) is 0. The van der Waals surface area contributed by atoms with E-state index in [2.05, 4.69) is 15.5 Å². The molecule has 0 saturated heterocycles. The highest BCUT2D eigenvalue weighted by Gasteiger charge is 2.21. The Hall–Kier alpha value is -2.25. The summed E-state index contributed by atoms with van der Waals surface area (Å²) in [5.74, 6) is 0.547. The van der Waals surface area contributed by atoms with E-state index < -0.39 is 6.04 Å². The van der Waals surface area contributed by atoms with Crippen LogP contribution in [0.15, 0.2) is 35.7 Å². The molecular formula is C17H18N4OS2. The highest BCUT2D eigenvalue weighted by atomic mass is 32.1. The fourth-order valence-electron chi connectivity index (χ4n) is 2.43. The molecule has 124 valence electrons. The topological polar surface area (TPSA) is 62.7 Å². The van der Waals surface area contributed by atoms with Crippen LogP contribution in [0.2, 0.25) is 0 Å². The number of aromatic amines is 1. The Bertz CT molecular complexity index is 924. The largest absolute Gasteiger partial charge is 0.324 e. The molecule has 1 atom stereocenters. The molecule has 0 aliphatic carbocycles. The third-order valence-corrected chi connectivity index (χ3v) is 5.14. The molecule has 0 radical (unpaired) electrons. The minimum absolute atomic E-state index is 0.131. The number of carbonyl (C=O) groups excluding carboxylic acids is 1. The Kier molecular flexibility index (Phi) is 4.64. The van der Waals surface area contributed by atoms with Crippen molar-refractivity contribution < 1.29 is 4.79 Å². The van der Waals surface area contributed by atoms with Gasteiger partial charge in [0.15, 0.2) is 10.6 Å². The number of hydrogen-bond donors (Lipinski definition) is 2. The van der Waals surface area contributed by atoms with Gasteiger partial charge in [0.1, 0.15) is 6.04 Å². The van der Waals surface area contributed by atoms with Crippen LogP contribution >= 0.6 is 23.6 Å². The maximum absolute atomic E-state index is 12.7. The predicted molar refractivity (Wildman–Crippen MR) is 100.0 cm³/mol. The van der Waals surface area contributed by atoms with Crippen LogP contribution in [0.3, 0.4) is 0 Å². The van der Waals surface area contributed by atoms with E-state index >= 15 is 0 Å². The third kappa shape index (κ3) is 3.18. The summed E-state index contributed by atoms with van der Waals surface area (Å²) in [6, 6.07) is 9.30. The molecule has 0 fully saturated rings. The van der Waals surface area contributed by atoms with Crippen LogP contribution in [0.1, 0.15) is 24.1 Å². The maximum atomic E-state index is 12.7. The van der Waals surface area contributed by atoms with Crippen LogP contribution < -0.4 is 5.32 Å². The lowest BCUT2D eigenvalue weighted by molar-refractivity contribution is -0.118. The second-order valence-corrected chi connectivity index (χ2v) is 7.00. The van der Waals surface area contributed by atoms with Gasteiger partial charge in [0.05, 0.1) is 4.88 Å². The fourth-order valence-corrected chi connectivity index (χ4v) is 3.43. The van der Waals surface area contributed by atoms with E-state index in [0.717, 1.165) is 16.1 Å². The van der Waals surface area contributed by atoms with Crippen molar-refractivity contribution in [3.05, 3.63) is 51.6 Å². The zero-order valence-corrected chi connectivity index (χ0v) is 15.3. The van der Waals surface area contributed by atoms with Crippen LogP contribution in [0.5, 0.6) is 0 Å². The highest BCUT2D eigenvalue weighted by Crippen LogP contribution is 2.26. The van der Waals surface area contributed by atoms with Gasteiger partial charge in [-0.25, -0.2) is 0 Å². The lowest BCUT2D eigenvalue weighted by atomic mass is 10.1. The number of hydrogen-bond acceptors (Lipinski definition) is 4. The number of nitrogens with zero attached hydrogens (tertiary/aromatic N) is 2. The standard InChI is InChI=1S/C17H18N4OS2/c1-10-6-7-13(9-11(10)2)18-16(22)12(3)21-15(19-20-17(21)23)14-5-4-8-24-14/h4-9,12H,1-3H3,(H,18,22)(H,20,23)/t12-/m1/s1. The van der Waals surface area contributed by atoms with Crippen LogP contribution in [0.25, 0.3) is 10.7 Å². The van der Waals surface area contributed by atoms with Gasteiger partial charge in [0.25, 0.3) is 0 Å². The first-order valence-corrected chi connectivity index (χ1v) is 8.85. The first kappa shape index (κ1) is 16.6. The molecule has 24 heavy (non-hydrogen) atoms. The van der Waals surface area contributed by atoms with Crippen LogP contribution in [0.4, 0.5) is 5.69 Å². The number of H-pyrrole nitrogens is 1. The number of rotatable bonds is 4. The average Bonchev–Trinajstić information content (AvgIpc) is 3.19. The second kappa shape index (κ2) is 6.70. The van der Waals surface area contributed by atoms with Gasteiger partial charge >= 0.3 is 0 Å². The molecule has 0 aliphatic heterocycles. The van der Waals surface area contributed by atoms with E-state index in [9.17, 15) is 4.79 Å². The molecule has 0 aliphatic rings. The molecule has 3 rings (SSSR count). The van der Waals surface area contributed by atoms with Gasteiger partial charge in [-0.15, -0.1) is 11.3 Å². The number of aromatic nitrogens is 3. The molecule has 1 amide bonds. The van der Waals surface area contributed by atoms with Gasteiger partial charge < -0.3 is 5.32 Å². The van der Waals surface area contributed by atoms with Gasteiger partial charge in [-0.3, -0.25) is 14.5 Å². The number of nitrogens with one attached hydrogen (secondary N) is 2. The van der Waals surface area contributed by atoms with Crippen LogP contribution in [0, 0.1) is 18.6 Å². The molecular weight excluding hydrogens is 340 g/mol. The fraction of sp³-hybridized carbons (Fsp3) is 0.235. The molecule has 2 aromatic heterocycles. The Morgan fingerprint density at radius 2 is 2.12 bits per heavy atom. The normalized spacial score (nSPS) is 12.1. The van der Waals surface area contributed by atoms with Crippen LogP contribution in [-0.2, 0) is 4.79 Å².